The SMILES string of the molecule is CC(C)c1cc(O)c(C(O)CN)cc1Cl. The first-order chi connectivity index (χ1) is 6.97. The van der Waals surface area contributed by atoms with Gasteiger partial charge in [-0.2, -0.15) is 0 Å². The van der Waals surface area contributed by atoms with Gasteiger partial charge in [0, 0.05) is 17.1 Å². The van der Waals surface area contributed by atoms with Crippen LogP contribution in [0.5, 0.6) is 5.75 Å². The molecule has 0 aliphatic heterocycles. The molecule has 0 amide bonds. The Kier molecular flexibility index (Phi) is 3.97. The lowest BCUT2D eigenvalue weighted by Gasteiger charge is -2.15. The molecular formula is C11H16ClNO2. The van der Waals surface area contributed by atoms with Crippen LogP contribution in [0.4, 0.5) is 0 Å². The van der Waals surface area contributed by atoms with Gasteiger partial charge in [0.05, 0.1) is 6.10 Å². The van der Waals surface area contributed by atoms with Gasteiger partial charge >= 0.3 is 0 Å². The molecule has 1 unspecified atom stereocenters. The molecule has 1 rings (SSSR count). The summed E-state index contributed by atoms with van der Waals surface area (Å²) in [6, 6.07) is 3.16. The average Bonchev–Trinajstić information content (AvgIpc) is 2.19. The molecule has 3 nitrogen and oxygen atoms in total. The Bertz CT molecular complexity index is 353. The summed E-state index contributed by atoms with van der Waals surface area (Å²) in [6.07, 6.45) is -0.872. The Hall–Kier alpha value is -0.770. The molecule has 0 saturated carbocycles. The van der Waals surface area contributed by atoms with Gasteiger partial charge < -0.3 is 15.9 Å². The highest BCUT2D eigenvalue weighted by atomic mass is 35.5. The molecule has 4 heteroatoms. The van der Waals surface area contributed by atoms with Crippen molar-refractivity contribution >= 4 is 11.6 Å². The number of aliphatic hydroxyl groups excluding tert-OH is 1. The minimum Gasteiger partial charge on any atom is -0.508 e. The maximum Gasteiger partial charge on any atom is 0.121 e. The zero-order valence-corrected chi connectivity index (χ0v) is 9.62. The third-order valence-corrected chi connectivity index (χ3v) is 2.68. The lowest BCUT2D eigenvalue weighted by Crippen LogP contribution is -2.12. The summed E-state index contributed by atoms with van der Waals surface area (Å²) in [7, 11) is 0. The number of rotatable bonds is 3. The first-order valence-corrected chi connectivity index (χ1v) is 5.25. The number of phenols is 1. The minimum absolute atomic E-state index is 0.0426. The van der Waals surface area contributed by atoms with Crippen LogP contribution in [0.15, 0.2) is 12.1 Å². The van der Waals surface area contributed by atoms with E-state index in [4.69, 9.17) is 17.3 Å². The number of nitrogens with two attached hydrogens (primary N) is 1. The van der Waals surface area contributed by atoms with Crippen molar-refractivity contribution in [2.45, 2.75) is 25.9 Å². The number of halogens is 1. The first kappa shape index (κ1) is 12.3. The van der Waals surface area contributed by atoms with E-state index in [0.717, 1.165) is 5.56 Å². The lowest BCUT2D eigenvalue weighted by atomic mass is 9.98. The minimum atomic E-state index is -0.872. The molecule has 0 aliphatic carbocycles. The Morgan fingerprint density at radius 3 is 2.40 bits per heavy atom. The van der Waals surface area contributed by atoms with Gasteiger partial charge in [0.1, 0.15) is 5.75 Å². The summed E-state index contributed by atoms with van der Waals surface area (Å²) in [6.45, 7) is 4.03. The van der Waals surface area contributed by atoms with Gasteiger partial charge in [-0.1, -0.05) is 25.4 Å². The Labute approximate surface area is 94.5 Å². The van der Waals surface area contributed by atoms with E-state index in [0.29, 0.717) is 10.6 Å². The summed E-state index contributed by atoms with van der Waals surface area (Å²) < 4.78 is 0. The zero-order valence-electron chi connectivity index (χ0n) is 8.87. The number of hydrogen-bond donors (Lipinski definition) is 3. The van der Waals surface area contributed by atoms with Crippen molar-refractivity contribution in [1.29, 1.82) is 0 Å². The molecular weight excluding hydrogens is 214 g/mol. The Morgan fingerprint density at radius 2 is 1.93 bits per heavy atom. The van der Waals surface area contributed by atoms with Crippen molar-refractivity contribution in [3.63, 3.8) is 0 Å². The van der Waals surface area contributed by atoms with Gasteiger partial charge in [0.15, 0.2) is 0 Å². The summed E-state index contributed by atoms with van der Waals surface area (Å²) >= 11 is 6.03. The summed E-state index contributed by atoms with van der Waals surface area (Å²) in [4.78, 5) is 0. The highest BCUT2D eigenvalue weighted by molar-refractivity contribution is 6.31. The number of hydrogen-bond acceptors (Lipinski definition) is 3. The van der Waals surface area contributed by atoms with E-state index in [2.05, 4.69) is 0 Å². The van der Waals surface area contributed by atoms with Crippen LogP contribution in [-0.4, -0.2) is 16.8 Å². The van der Waals surface area contributed by atoms with Gasteiger partial charge in [-0.15, -0.1) is 0 Å². The maximum absolute atomic E-state index is 9.69. The summed E-state index contributed by atoms with van der Waals surface area (Å²) in [5, 5.41) is 19.8. The van der Waals surface area contributed by atoms with Gasteiger partial charge in [-0.3, -0.25) is 0 Å². The molecule has 84 valence electrons. The van der Waals surface area contributed by atoms with Crippen LogP contribution in [0, 0.1) is 0 Å². The van der Waals surface area contributed by atoms with Crippen molar-refractivity contribution in [1.82, 2.24) is 0 Å². The number of aromatic hydroxyl groups is 1. The molecule has 1 aromatic rings. The number of benzene rings is 1. The third-order valence-electron chi connectivity index (χ3n) is 2.35. The normalized spacial score (nSPS) is 13.2. The second-order valence-electron chi connectivity index (χ2n) is 3.84. The largest absolute Gasteiger partial charge is 0.508 e. The van der Waals surface area contributed by atoms with Gasteiger partial charge in [-0.25, -0.2) is 0 Å². The van der Waals surface area contributed by atoms with Crippen LogP contribution in [0.2, 0.25) is 5.02 Å². The fraction of sp³-hybridized carbons (Fsp3) is 0.455. The second kappa shape index (κ2) is 4.84. The van der Waals surface area contributed by atoms with Crippen molar-refractivity contribution in [2.75, 3.05) is 6.54 Å². The van der Waals surface area contributed by atoms with E-state index in [1.807, 2.05) is 13.8 Å². The third kappa shape index (κ3) is 2.62. The van der Waals surface area contributed by atoms with Gasteiger partial charge in [0.25, 0.3) is 0 Å². The second-order valence-corrected chi connectivity index (χ2v) is 4.25. The molecule has 4 N–H and O–H groups in total. The van der Waals surface area contributed by atoms with Crippen molar-refractivity contribution in [3.05, 3.63) is 28.3 Å². The predicted octanol–water partition coefficient (Wildman–Crippen LogP) is 2.16. The monoisotopic (exact) mass is 229 g/mol. The van der Waals surface area contributed by atoms with E-state index < -0.39 is 6.10 Å². The summed E-state index contributed by atoms with van der Waals surface area (Å²) in [5.41, 5.74) is 6.56. The quantitative estimate of drug-likeness (QED) is 0.744. The van der Waals surface area contributed by atoms with Crippen LogP contribution in [0.3, 0.4) is 0 Å². The fourth-order valence-electron chi connectivity index (χ4n) is 1.43. The highest BCUT2D eigenvalue weighted by Gasteiger charge is 2.15. The molecule has 0 fully saturated rings. The van der Waals surface area contributed by atoms with Crippen LogP contribution in [-0.2, 0) is 0 Å². The maximum atomic E-state index is 9.69. The van der Waals surface area contributed by atoms with Crippen molar-refractivity contribution < 1.29 is 10.2 Å². The number of phenolic OH excluding ortho intramolecular Hbond substituents is 1. The fourth-order valence-corrected chi connectivity index (χ4v) is 1.82. The standard InChI is InChI=1S/C11H16ClNO2/c1-6(2)7-4-10(14)8(3-9(7)12)11(15)5-13/h3-4,6,11,14-15H,5,13H2,1-2H3. The van der Waals surface area contributed by atoms with Crippen LogP contribution >= 0.6 is 11.6 Å². The van der Waals surface area contributed by atoms with Gasteiger partial charge in [0.2, 0.25) is 0 Å². The van der Waals surface area contributed by atoms with Crippen LogP contribution in [0.1, 0.15) is 37.0 Å². The summed E-state index contributed by atoms with van der Waals surface area (Å²) in [5.74, 6) is 0.272. The molecule has 0 saturated heterocycles. The van der Waals surface area contributed by atoms with E-state index in [1.165, 1.54) is 0 Å². The molecule has 1 aromatic carbocycles. The van der Waals surface area contributed by atoms with Gasteiger partial charge in [-0.05, 0) is 23.6 Å². The topological polar surface area (TPSA) is 66.5 Å². The van der Waals surface area contributed by atoms with E-state index in [1.54, 1.807) is 12.1 Å². The molecule has 0 spiro atoms. The molecule has 0 radical (unpaired) electrons. The van der Waals surface area contributed by atoms with Crippen LogP contribution in [0.25, 0.3) is 0 Å². The molecule has 0 bridgehead atoms. The number of aliphatic hydroxyl groups is 1. The molecule has 0 heterocycles. The van der Waals surface area contributed by atoms with E-state index in [-0.39, 0.29) is 18.2 Å². The lowest BCUT2D eigenvalue weighted by molar-refractivity contribution is 0.182. The highest BCUT2D eigenvalue weighted by Crippen LogP contribution is 2.33. The average molecular weight is 230 g/mol. The van der Waals surface area contributed by atoms with E-state index in [9.17, 15) is 10.2 Å². The van der Waals surface area contributed by atoms with Crippen molar-refractivity contribution in [2.24, 2.45) is 5.73 Å². The van der Waals surface area contributed by atoms with E-state index >= 15 is 0 Å². The Morgan fingerprint density at radius 1 is 1.33 bits per heavy atom. The zero-order chi connectivity index (χ0) is 11.6. The Balaban J connectivity index is 3.19. The van der Waals surface area contributed by atoms with Crippen molar-refractivity contribution in [3.8, 4) is 5.75 Å². The van der Waals surface area contributed by atoms with Crippen LogP contribution < -0.4 is 5.73 Å². The smallest absolute Gasteiger partial charge is 0.121 e. The molecule has 1 atom stereocenters. The predicted molar refractivity (Wildman–Crippen MR) is 61.2 cm³/mol. The molecule has 0 aliphatic rings. The molecule has 0 aromatic heterocycles. The first-order valence-electron chi connectivity index (χ1n) is 4.87. The molecule has 15 heavy (non-hydrogen) atoms.